The SMILES string of the molecule is CCOC(CNC(=O)C(=O)NCC(c1ccc(N(C)C)cc1)N1CCN(C)CC1)OCC. The van der Waals surface area contributed by atoms with Crippen LogP contribution < -0.4 is 15.5 Å². The van der Waals surface area contributed by atoms with E-state index in [0.717, 1.165) is 37.4 Å². The summed E-state index contributed by atoms with van der Waals surface area (Å²) in [6.45, 7) is 8.87. The van der Waals surface area contributed by atoms with Crippen LogP contribution in [0.1, 0.15) is 25.5 Å². The maximum Gasteiger partial charge on any atom is 0.309 e. The van der Waals surface area contributed by atoms with Crippen molar-refractivity contribution in [3.63, 3.8) is 0 Å². The van der Waals surface area contributed by atoms with E-state index in [4.69, 9.17) is 9.47 Å². The van der Waals surface area contributed by atoms with Gasteiger partial charge in [-0.2, -0.15) is 0 Å². The van der Waals surface area contributed by atoms with Gasteiger partial charge in [0.2, 0.25) is 0 Å². The van der Waals surface area contributed by atoms with Gasteiger partial charge in [0.15, 0.2) is 6.29 Å². The zero-order valence-electron chi connectivity index (χ0n) is 20.1. The molecule has 0 aromatic heterocycles. The van der Waals surface area contributed by atoms with Crippen LogP contribution in [0.15, 0.2) is 24.3 Å². The molecule has 0 aliphatic carbocycles. The molecular formula is C23H39N5O4. The van der Waals surface area contributed by atoms with Gasteiger partial charge in [0.1, 0.15) is 0 Å². The number of carbonyl (C=O) groups is 2. The van der Waals surface area contributed by atoms with E-state index in [2.05, 4.69) is 56.6 Å². The average molecular weight is 450 g/mol. The highest BCUT2D eigenvalue weighted by Gasteiger charge is 2.26. The predicted octanol–water partition coefficient (Wildman–Crippen LogP) is 0.673. The predicted molar refractivity (Wildman–Crippen MR) is 126 cm³/mol. The van der Waals surface area contributed by atoms with E-state index in [1.165, 1.54) is 0 Å². The van der Waals surface area contributed by atoms with Crippen molar-refractivity contribution >= 4 is 17.5 Å². The number of nitrogens with zero attached hydrogens (tertiary/aromatic N) is 3. The van der Waals surface area contributed by atoms with E-state index < -0.39 is 18.1 Å². The van der Waals surface area contributed by atoms with Gasteiger partial charge in [-0.15, -0.1) is 0 Å². The standard InChI is InChI=1S/C23H39N5O4/c1-6-31-21(32-7-2)17-25-23(30)22(29)24-16-20(28-14-12-27(5)13-15-28)18-8-10-19(11-9-18)26(3)4/h8-11,20-21H,6-7,12-17H2,1-5H3,(H,24,29)(H,25,30). The molecule has 2 rings (SSSR count). The van der Waals surface area contributed by atoms with Crippen LogP contribution in [0.3, 0.4) is 0 Å². The van der Waals surface area contributed by atoms with E-state index in [1.54, 1.807) is 0 Å². The highest BCUT2D eigenvalue weighted by molar-refractivity contribution is 6.35. The van der Waals surface area contributed by atoms with Crippen molar-refractivity contribution in [1.29, 1.82) is 0 Å². The maximum atomic E-state index is 12.4. The molecule has 1 unspecified atom stereocenters. The molecule has 32 heavy (non-hydrogen) atoms. The number of anilines is 1. The largest absolute Gasteiger partial charge is 0.378 e. The first-order valence-corrected chi connectivity index (χ1v) is 11.3. The number of piperazine rings is 1. The van der Waals surface area contributed by atoms with Gasteiger partial charge in [0, 0.05) is 65.7 Å². The first-order valence-electron chi connectivity index (χ1n) is 11.3. The summed E-state index contributed by atoms with van der Waals surface area (Å²) in [7, 11) is 6.13. The van der Waals surface area contributed by atoms with Gasteiger partial charge < -0.3 is 29.9 Å². The van der Waals surface area contributed by atoms with E-state index in [1.807, 2.05) is 27.9 Å². The van der Waals surface area contributed by atoms with Crippen LogP contribution in [-0.4, -0.2) is 102 Å². The molecule has 1 atom stereocenters. The molecule has 1 aromatic rings. The lowest BCUT2D eigenvalue weighted by molar-refractivity contribution is -0.146. The van der Waals surface area contributed by atoms with E-state index in [9.17, 15) is 9.59 Å². The summed E-state index contributed by atoms with van der Waals surface area (Å²) in [6, 6.07) is 8.35. The van der Waals surface area contributed by atoms with Crippen molar-refractivity contribution in [3.8, 4) is 0 Å². The van der Waals surface area contributed by atoms with Crippen molar-refractivity contribution in [2.24, 2.45) is 0 Å². The lowest BCUT2D eigenvalue weighted by Crippen LogP contribution is -2.50. The van der Waals surface area contributed by atoms with Crippen molar-refractivity contribution in [1.82, 2.24) is 20.4 Å². The first-order chi connectivity index (χ1) is 15.3. The minimum Gasteiger partial charge on any atom is -0.378 e. The van der Waals surface area contributed by atoms with Gasteiger partial charge >= 0.3 is 11.8 Å². The Labute approximate surface area is 192 Å². The van der Waals surface area contributed by atoms with Crippen LogP contribution in [0.25, 0.3) is 0 Å². The number of hydrogen-bond acceptors (Lipinski definition) is 7. The molecule has 1 aliphatic rings. The fourth-order valence-corrected chi connectivity index (χ4v) is 3.65. The Kier molecular flexibility index (Phi) is 10.9. The molecule has 1 aliphatic heterocycles. The Balaban J connectivity index is 1.99. The average Bonchev–Trinajstić information content (AvgIpc) is 2.79. The van der Waals surface area contributed by atoms with E-state index >= 15 is 0 Å². The van der Waals surface area contributed by atoms with Crippen molar-refractivity contribution in [2.45, 2.75) is 26.2 Å². The zero-order valence-corrected chi connectivity index (χ0v) is 20.1. The summed E-state index contributed by atoms with van der Waals surface area (Å²) < 4.78 is 10.8. The van der Waals surface area contributed by atoms with Gasteiger partial charge in [0.05, 0.1) is 12.6 Å². The summed E-state index contributed by atoms with van der Waals surface area (Å²) in [5.41, 5.74) is 2.24. The lowest BCUT2D eigenvalue weighted by atomic mass is 10.0. The summed E-state index contributed by atoms with van der Waals surface area (Å²) in [4.78, 5) is 31.4. The minimum absolute atomic E-state index is 0.00346. The highest BCUT2D eigenvalue weighted by Crippen LogP contribution is 2.24. The normalized spacial score (nSPS) is 16.1. The van der Waals surface area contributed by atoms with Gasteiger partial charge in [-0.05, 0) is 38.6 Å². The van der Waals surface area contributed by atoms with Crippen LogP contribution in [0, 0.1) is 0 Å². The third-order valence-electron chi connectivity index (χ3n) is 5.57. The molecule has 0 bridgehead atoms. The monoisotopic (exact) mass is 449 g/mol. The molecule has 1 aromatic carbocycles. The zero-order chi connectivity index (χ0) is 23.5. The maximum absolute atomic E-state index is 12.4. The number of likely N-dealkylation sites (N-methyl/N-ethyl adjacent to an activating group) is 1. The number of ether oxygens (including phenoxy) is 2. The smallest absolute Gasteiger partial charge is 0.309 e. The van der Waals surface area contributed by atoms with Crippen LogP contribution >= 0.6 is 0 Å². The Morgan fingerprint density at radius 3 is 1.97 bits per heavy atom. The van der Waals surface area contributed by atoms with Gasteiger partial charge in [0.25, 0.3) is 0 Å². The number of amides is 2. The molecule has 1 heterocycles. The second kappa shape index (κ2) is 13.4. The topological polar surface area (TPSA) is 86.4 Å². The molecule has 0 spiro atoms. The second-order valence-electron chi connectivity index (χ2n) is 8.10. The Hall–Kier alpha value is -2.20. The minimum atomic E-state index is -0.686. The van der Waals surface area contributed by atoms with Crippen LogP contribution in [0.5, 0.6) is 0 Å². The Morgan fingerprint density at radius 2 is 1.47 bits per heavy atom. The quantitative estimate of drug-likeness (QED) is 0.379. The number of benzene rings is 1. The van der Waals surface area contributed by atoms with Gasteiger partial charge in [-0.25, -0.2) is 0 Å². The number of rotatable bonds is 11. The molecule has 1 saturated heterocycles. The molecule has 9 heteroatoms. The lowest BCUT2D eigenvalue weighted by Gasteiger charge is -2.38. The summed E-state index contributed by atoms with van der Waals surface area (Å²) in [5.74, 6) is -1.34. The van der Waals surface area contributed by atoms with Crippen LogP contribution in [-0.2, 0) is 19.1 Å². The molecule has 9 nitrogen and oxygen atoms in total. The summed E-state index contributed by atoms with van der Waals surface area (Å²) in [5, 5.41) is 5.41. The third-order valence-corrected chi connectivity index (χ3v) is 5.57. The van der Waals surface area contributed by atoms with Crippen molar-refractivity contribution in [2.75, 3.05) is 78.5 Å². The Bertz CT molecular complexity index is 699. The van der Waals surface area contributed by atoms with Crippen molar-refractivity contribution < 1.29 is 19.1 Å². The summed E-state index contributed by atoms with van der Waals surface area (Å²) in [6.07, 6.45) is -0.560. The second-order valence-corrected chi connectivity index (χ2v) is 8.10. The molecule has 0 saturated carbocycles. The molecule has 2 N–H and O–H groups in total. The van der Waals surface area contributed by atoms with E-state index in [0.29, 0.717) is 19.8 Å². The summed E-state index contributed by atoms with van der Waals surface area (Å²) >= 11 is 0. The number of hydrogen-bond donors (Lipinski definition) is 2. The fourth-order valence-electron chi connectivity index (χ4n) is 3.65. The first kappa shape index (κ1) is 26.1. The Morgan fingerprint density at radius 1 is 0.938 bits per heavy atom. The number of carbonyl (C=O) groups excluding carboxylic acids is 2. The van der Waals surface area contributed by atoms with Gasteiger partial charge in [-0.1, -0.05) is 12.1 Å². The van der Waals surface area contributed by atoms with Gasteiger partial charge in [-0.3, -0.25) is 14.5 Å². The van der Waals surface area contributed by atoms with Crippen LogP contribution in [0.4, 0.5) is 5.69 Å². The fraction of sp³-hybridized carbons (Fsp3) is 0.652. The number of nitrogens with one attached hydrogen (secondary N) is 2. The third kappa shape index (κ3) is 8.05. The molecule has 1 fully saturated rings. The molecular weight excluding hydrogens is 410 g/mol. The van der Waals surface area contributed by atoms with Crippen LogP contribution in [0.2, 0.25) is 0 Å². The highest BCUT2D eigenvalue weighted by atomic mass is 16.7. The molecule has 0 radical (unpaired) electrons. The molecule has 2 amide bonds. The van der Waals surface area contributed by atoms with E-state index in [-0.39, 0.29) is 12.6 Å². The van der Waals surface area contributed by atoms with Crippen molar-refractivity contribution in [3.05, 3.63) is 29.8 Å². The molecule has 180 valence electrons.